The van der Waals surface area contributed by atoms with Crippen LogP contribution in [0.2, 0.25) is 0 Å². The number of halogens is 1. The minimum Gasteiger partial charge on any atom is -0.349 e. The van der Waals surface area contributed by atoms with Gasteiger partial charge in [0.05, 0.1) is 12.5 Å². The van der Waals surface area contributed by atoms with Gasteiger partial charge in [-0.3, -0.25) is 4.79 Å². The lowest BCUT2D eigenvalue weighted by Crippen LogP contribution is -2.27. The average molecular weight is 324 g/mol. The van der Waals surface area contributed by atoms with Gasteiger partial charge in [0, 0.05) is 9.35 Å². The van der Waals surface area contributed by atoms with E-state index in [0.717, 1.165) is 14.9 Å². The molecule has 1 aromatic carbocycles. The van der Waals surface area contributed by atoms with E-state index in [1.807, 2.05) is 48.7 Å². The number of amides is 1. The molecular formula is C14H14BrNOS. The summed E-state index contributed by atoms with van der Waals surface area (Å²) in [4.78, 5) is 12.9. The molecule has 0 spiro atoms. The quantitative estimate of drug-likeness (QED) is 0.907. The Bertz CT molecular complexity index is 507. The topological polar surface area (TPSA) is 29.1 Å². The van der Waals surface area contributed by atoms with E-state index < -0.39 is 0 Å². The molecule has 0 radical (unpaired) electrons. The van der Waals surface area contributed by atoms with E-state index in [1.165, 1.54) is 0 Å². The van der Waals surface area contributed by atoms with Crippen LogP contribution >= 0.6 is 27.3 Å². The first-order valence-corrected chi connectivity index (χ1v) is 7.39. The van der Waals surface area contributed by atoms with Crippen LogP contribution in [-0.2, 0) is 11.2 Å². The Morgan fingerprint density at radius 1 is 1.33 bits per heavy atom. The summed E-state index contributed by atoms with van der Waals surface area (Å²) in [7, 11) is 0. The molecule has 0 aliphatic carbocycles. The highest BCUT2D eigenvalue weighted by Crippen LogP contribution is 2.17. The molecule has 2 aromatic rings. The van der Waals surface area contributed by atoms with Gasteiger partial charge in [-0.15, -0.1) is 11.3 Å². The second kappa shape index (κ2) is 6.16. The van der Waals surface area contributed by atoms with Crippen molar-refractivity contribution in [3.8, 4) is 0 Å². The zero-order valence-electron chi connectivity index (χ0n) is 10.0. The molecule has 0 saturated heterocycles. The van der Waals surface area contributed by atoms with Crippen LogP contribution in [0, 0.1) is 0 Å². The molecule has 1 amide bonds. The van der Waals surface area contributed by atoms with Crippen LogP contribution in [0.5, 0.6) is 0 Å². The van der Waals surface area contributed by atoms with Crippen molar-refractivity contribution >= 4 is 33.2 Å². The molecule has 0 saturated carbocycles. The third kappa shape index (κ3) is 3.68. The zero-order chi connectivity index (χ0) is 13.0. The number of carbonyl (C=O) groups is 1. The maximum atomic E-state index is 11.8. The largest absolute Gasteiger partial charge is 0.349 e. The molecule has 0 bridgehead atoms. The summed E-state index contributed by atoms with van der Waals surface area (Å²) in [5, 5.41) is 4.99. The number of hydrogen-bond acceptors (Lipinski definition) is 2. The van der Waals surface area contributed by atoms with Gasteiger partial charge >= 0.3 is 0 Å². The summed E-state index contributed by atoms with van der Waals surface area (Å²) >= 11 is 5.01. The summed E-state index contributed by atoms with van der Waals surface area (Å²) in [6.45, 7) is 2.00. The van der Waals surface area contributed by atoms with Crippen LogP contribution in [0.3, 0.4) is 0 Å². The van der Waals surface area contributed by atoms with E-state index in [9.17, 15) is 4.79 Å². The molecule has 18 heavy (non-hydrogen) atoms. The number of nitrogens with one attached hydrogen (secondary N) is 1. The lowest BCUT2D eigenvalue weighted by atomic mass is 10.1. The first-order chi connectivity index (χ1) is 8.65. The van der Waals surface area contributed by atoms with Crippen molar-refractivity contribution in [1.82, 2.24) is 5.32 Å². The van der Waals surface area contributed by atoms with Crippen molar-refractivity contribution in [2.45, 2.75) is 19.4 Å². The fourth-order valence-electron chi connectivity index (χ4n) is 1.70. The van der Waals surface area contributed by atoms with Crippen LogP contribution < -0.4 is 5.32 Å². The molecule has 94 valence electrons. The molecule has 2 nitrogen and oxygen atoms in total. The highest BCUT2D eigenvalue weighted by atomic mass is 79.9. The van der Waals surface area contributed by atoms with Gasteiger partial charge in [0.15, 0.2) is 0 Å². The second-order valence-corrected chi connectivity index (χ2v) is 6.04. The third-order valence-corrected chi connectivity index (χ3v) is 4.07. The Morgan fingerprint density at radius 2 is 2.06 bits per heavy atom. The zero-order valence-corrected chi connectivity index (χ0v) is 12.4. The van der Waals surface area contributed by atoms with Gasteiger partial charge in [0.25, 0.3) is 0 Å². The predicted octanol–water partition coefficient (Wildman–Crippen LogP) is 3.93. The lowest BCUT2D eigenvalue weighted by molar-refractivity contribution is -0.121. The molecule has 0 fully saturated rings. The molecule has 1 atom stereocenters. The number of thiophene rings is 1. The number of hydrogen-bond donors (Lipinski definition) is 1. The van der Waals surface area contributed by atoms with E-state index in [1.54, 1.807) is 11.3 Å². The number of benzene rings is 1. The van der Waals surface area contributed by atoms with Gasteiger partial charge in [-0.05, 0) is 36.1 Å². The third-order valence-electron chi connectivity index (χ3n) is 2.66. The number of rotatable bonds is 4. The maximum Gasteiger partial charge on any atom is 0.225 e. The Hall–Kier alpha value is -1.13. The Balaban J connectivity index is 1.92. The average Bonchev–Trinajstić information content (AvgIpc) is 2.82. The van der Waals surface area contributed by atoms with E-state index in [4.69, 9.17) is 0 Å². The van der Waals surface area contributed by atoms with Crippen molar-refractivity contribution in [3.05, 3.63) is 56.7 Å². The van der Waals surface area contributed by atoms with Crippen LogP contribution in [-0.4, -0.2) is 5.91 Å². The first kappa shape index (κ1) is 13.3. The van der Waals surface area contributed by atoms with Crippen molar-refractivity contribution in [2.24, 2.45) is 0 Å². The van der Waals surface area contributed by atoms with Gasteiger partial charge in [0.2, 0.25) is 5.91 Å². The van der Waals surface area contributed by atoms with Gasteiger partial charge in [-0.1, -0.05) is 34.1 Å². The standard InChI is InChI=1S/C14H14BrNOS/c1-10(11-4-6-12(15)7-5-11)16-14(17)9-13-3-2-8-18-13/h2-8,10H,9H2,1H3,(H,16,17)/t10-/m0/s1. The smallest absolute Gasteiger partial charge is 0.225 e. The summed E-state index contributed by atoms with van der Waals surface area (Å²) in [5.41, 5.74) is 1.11. The van der Waals surface area contributed by atoms with Crippen LogP contribution in [0.25, 0.3) is 0 Å². The normalized spacial score (nSPS) is 12.1. The van der Waals surface area contributed by atoms with Gasteiger partial charge in [-0.25, -0.2) is 0 Å². The molecule has 0 aliphatic rings. The van der Waals surface area contributed by atoms with Gasteiger partial charge < -0.3 is 5.32 Å². The maximum absolute atomic E-state index is 11.8. The summed E-state index contributed by atoms with van der Waals surface area (Å²) < 4.78 is 1.04. The molecule has 2 rings (SSSR count). The van der Waals surface area contributed by atoms with E-state index in [2.05, 4.69) is 21.2 Å². The van der Waals surface area contributed by atoms with E-state index in [-0.39, 0.29) is 11.9 Å². The minimum absolute atomic E-state index is 0.0329. The van der Waals surface area contributed by atoms with E-state index >= 15 is 0 Å². The van der Waals surface area contributed by atoms with Crippen LogP contribution in [0.1, 0.15) is 23.4 Å². The number of carbonyl (C=O) groups excluding carboxylic acids is 1. The predicted molar refractivity (Wildman–Crippen MR) is 78.7 cm³/mol. The van der Waals surface area contributed by atoms with Crippen molar-refractivity contribution in [2.75, 3.05) is 0 Å². The molecule has 1 aromatic heterocycles. The highest BCUT2D eigenvalue weighted by molar-refractivity contribution is 9.10. The fraction of sp³-hybridized carbons (Fsp3) is 0.214. The van der Waals surface area contributed by atoms with Crippen LogP contribution in [0.15, 0.2) is 46.3 Å². The molecule has 0 aliphatic heterocycles. The van der Waals surface area contributed by atoms with E-state index in [0.29, 0.717) is 6.42 Å². The Kier molecular flexibility index (Phi) is 4.55. The highest BCUT2D eigenvalue weighted by Gasteiger charge is 2.10. The summed E-state index contributed by atoms with van der Waals surface area (Å²) in [5.74, 6) is 0.0628. The van der Waals surface area contributed by atoms with Gasteiger partial charge in [0.1, 0.15) is 0 Å². The lowest BCUT2D eigenvalue weighted by Gasteiger charge is -2.14. The first-order valence-electron chi connectivity index (χ1n) is 5.72. The molecule has 1 heterocycles. The molecule has 4 heteroatoms. The SMILES string of the molecule is C[C@H](NC(=O)Cc1cccs1)c1ccc(Br)cc1. The van der Waals surface area contributed by atoms with Crippen LogP contribution in [0.4, 0.5) is 0 Å². The second-order valence-electron chi connectivity index (χ2n) is 4.10. The summed E-state index contributed by atoms with van der Waals surface area (Å²) in [6, 6.07) is 12.0. The Labute approximate surface area is 119 Å². The molecular weight excluding hydrogens is 310 g/mol. The summed E-state index contributed by atoms with van der Waals surface area (Å²) in [6.07, 6.45) is 0.457. The van der Waals surface area contributed by atoms with Crippen molar-refractivity contribution < 1.29 is 4.79 Å². The van der Waals surface area contributed by atoms with Gasteiger partial charge in [-0.2, -0.15) is 0 Å². The monoisotopic (exact) mass is 323 g/mol. The fourth-order valence-corrected chi connectivity index (χ4v) is 2.67. The molecule has 0 unspecified atom stereocenters. The Morgan fingerprint density at radius 3 is 2.67 bits per heavy atom. The molecule has 1 N–H and O–H groups in total. The van der Waals surface area contributed by atoms with Crippen molar-refractivity contribution in [1.29, 1.82) is 0 Å². The minimum atomic E-state index is 0.0329. The van der Waals surface area contributed by atoms with Crippen molar-refractivity contribution in [3.63, 3.8) is 0 Å².